The Morgan fingerprint density at radius 1 is 0.906 bits per heavy atom. The van der Waals surface area contributed by atoms with Gasteiger partial charge in [0.05, 0.1) is 0 Å². The molecule has 1 heterocycles. The average Bonchev–Trinajstić information content (AvgIpc) is 2.81. The van der Waals surface area contributed by atoms with E-state index in [-0.39, 0.29) is 5.78 Å². The molecular formula is C26H20O6. The summed E-state index contributed by atoms with van der Waals surface area (Å²) in [6, 6.07) is 23.9. The lowest BCUT2D eigenvalue weighted by atomic mass is 10.00. The van der Waals surface area contributed by atoms with Crippen molar-refractivity contribution in [2.75, 3.05) is 6.61 Å². The number of rotatable bonds is 7. The van der Waals surface area contributed by atoms with E-state index >= 15 is 0 Å². The minimum Gasteiger partial charge on any atom is -0.482 e. The number of Topliss-reactive ketones (excluding diaryl/α,β-unsaturated/α-hetero) is 1. The Hall–Kier alpha value is -4.19. The van der Waals surface area contributed by atoms with Crippen LogP contribution in [0.4, 0.5) is 0 Å². The third kappa shape index (κ3) is 4.75. The van der Waals surface area contributed by atoms with Crippen LogP contribution in [0.1, 0.15) is 27.6 Å². The number of ether oxygens (including phenoxy) is 2. The molecule has 1 atom stereocenters. The summed E-state index contributed by atoms with van der Waals surface area (Å²) in [5, 5.41) is 0.775. The third-order valence-corrected chi connectivity index (χ3v) is 4.93. The number of fused-ring (bicyclic) bond motifs is 1. The van der Waals surface area contributed by atoms with Gasteiger partial charge in [-0.2, -0.15) is 0 Å². The van der Waals surface area contributed by atoms with Gasteiger partial charge in [0.2, 0.25) is 5.78 Å². The molecule has 0 fully saturated rings. The van der Waals surface area contributed by atoms with Crippen molar-refractivity contribution in [1.82, 2.24) is 0 Å². The van der Waals surface area contributed by atoms with E-state index in [1.165, 1.54) is 6.07 Å². The van der Waals surface area contributed by atoms with Crippen LogP contribution >= 0.6 is 0 Å². The largest absolute Gasteiger partial charge is 0.482 e. The van der Waals surface area contributed by atoms with Crippen LogP contribution < -0.4 is 10.4 Å². The number of benzene rings is 3. The Morgan fingerprint density at radius 2 is 1.59 bits per heavy atom. The van der Waals surface area contributed by atoms with Gasteiger partial charge in [0.15, 0.2) is 12.7 Å². The first-order chi connectivity index (χ1) is 15.5. The summed E-state index contributed by atoms with van der Waals surface area (Å²) in [5.41, 5.74) is 1.69. The highest BCUT2D eigenvalue weighted by atomic mass is 16.6. The number of hydrogen-bond acceptors (Lipinski definition) is 6. The lowest BCUT2D eigenvalue weighted by molar-refractivity contribution is -0.149. The molecule has 1 unspecified atom stereocenters. The van der Waals surface area contributed by atoms with Crippen molar-refractivity contribution in [2.45, 2.75) is 13.0 Å². The zero-order valence-electron chi connectivity index (χ0n) is 17.3. The van der Waals surface area contributed by atoms with E-state index in [2.05, 4.69) is 0 Å². The van der Waals surface area contributed by atoms with Crippen molar-refractivity contribution in [1.29, 1.82) is 0 Å². The van der Waals surface area contributed by atoms with Crippen molar-refractivity contribution >= 4 is 22.7 Å². The summed E-state index contributed by atoms with van der Waals surface area (Å²) in [4.78, 5) is 37.1. The number of carbonyl (C=O) groups excluding carboxylic acids is 2. The van der Waals surface area contributed by atoms with Gasteiger partial charge in [-0.1, -0.05) is 60.7 Å². The fourth-order valence-electron chi connectivity index (χ4n) is 3.36. The number of ketones is 1. The number of esters is 1. The number of carbonyl (C=O) groups is 2. The molecule has 0 bridgehead atoms. The Kier molecular flexibility index (Phi) is 6.12. The maximum Gasteiger partial charge on any atom is 0.345 e. The van der Waals surface area contributed by atoms with Crippen LogP contribution in [-0.4, -0.2) is 18.4 Å². The molecule has 0 amide bonds. The van der Waals surface area contributed by atoms with E-state index in [1.807, 2.05) is 13.0 Å². The summed E-state index contributed by atoms with van der Waals surface area (Å²) >= 11 is 0. The topological polar surface area (TPSA) is 82.8 Å². The standard InChI is InChI=1S/C26H20O6/c1-17-14-23(27)31-22-15-20(12-13-21(17)22)30-16-24(28)32-26(19-10-6-3-7-11-19)25(29)18-8-4-2-5-9-18/h2-15,26H,16H2,1H3. The van der Waals surface area contributed by atoms with Crippen molar-refractivity contribution in [2.24, 2.45) is 0 Å². The van der Waals surface area contributed by atoms with E-state index in [4.69, 9.17) is 13.9 Å². The molecule has 32 heavy (non-hydrogen) atoms. The predicted octanol–water partition coefficient (Wildman–Crippen LogP) is 4.65. The van der Waals surface area contributed by atoms with Gasteiger partial charge in [0.1, 0.15) is 11.3 Å². The molecule has 6 nitrogen and oxygen atoms in total. The molecule has 160 valence electrons. The summed E-state index contributed by atoms with van der Waals surface area (Å²) in [6.45, 7) is 1.40. The smallest absolute Gasteiger partial charge is 0.345 e. The summed E-state index contributed by atoms with van der Waals surface area (Å²) in [5.74, 6) is -0.684. The molecule has 0 N–H and O–H groups in total. The molecule has 4 aromatic rings. The second-order valence-electron chi connectivity index (χ2n) is 7.21. The monoisotopic (exact) mass is 428 g/mol. The molecule has 1 aromatic heterocycles. The molecule has 0 aliphatic carbocycles. The molecular weight excluding hydrogens is 408 g/mol. The van der Waals surface area contributed by atoms with Gasteiger partial charge in [0.25, 0.3) is 0 Å². The first-order valence-corrected chi connectivity index (χ1v) is 10.0. The lowest BCUT2D eigenvalue weighted by Gasteiger charge is -2.17. The van der Waals surface area contributed by atoms with Gasteiger partial charge in [-0.25, -0.2) is 9.59 Å². The maximum absolute atomic E-state index is 13.0. The summed E-state index contributed by atoms with van der Waals surface area (Å²) < 4.78 is 16.2. The van der Waals surface area contributed by atoms with Crippen molar-refractivity contribution in [3.05, 3.63) is 112 Å². The second kappa shape index (κ2) is 9.31. The van der Waals surface area contributed by atoms with Crippen LogP contribution in [-0.2, 0) is 9.53 Å². The van der Waals surface area contributed by atoms with Gasteiger partial charge in [0, 0.05) is 28.6 Å². The quantitative estimate of drug-likeness (QED) is 0.242. The molecule has 0 spiro atoms. The van der Waals surface area contributed by atoms with Gasteiger partial charge in [-0.15, -0.1) is 0 Å². The van der Waals surface area contributed by atoms with E-state index in [1.54, 1.807) is 72.8 Å². The minimum atomic E-state index is -1.09. The third-order valence-electron chi connectivity index (χ3n) is 4.93. The van der Waals surface area contributed by atoms with E-state index in [0.717, 1.165) is 10.9 Å². The molecule has 0 radical (unpaired) electrons. The Bertz CT molecular complexity index is 1310. The Labute approximate surface area is 184 Å². The fraction of sp³-hybridized carbons (Fsp3) is 0.115. The molecule has 3 aromatic carbocycles. The van der Waals surface area contributed by atoms with Crippen LogP contribution in [0.5, 0.6) is 5.75 Å². The SMILES string of the molecule is Cc1cc(=O)oc2cc(OCC(=O)OC(C(=O)c3ccccc3)c3ccccc3)ccc12. The lowest BCUT2D eigenvalue weighted by Crippen LogP contribution is -2.23. The Balaban J connectivity index is 1.50. The minimum absolute atomic E-state index is 0.326. The van der Waals surface area contributed by atoms with Crippen LogP contribution in [0.2, 0.25) is 0 Å². The molecule has 0 aliphatic rings. The van der Waals surface area contributed by atoms with Crippen LogP contribution in [0.15, 0.2) is 94.1 Å². The van der Waals surface area contributed by atoms with Gasteiger partial charge < -0.3 is 13.9 Å². The molecule has 0 saturated heterocycles. The highest BCUT2D eigenvalue weighted by Gasteiger charge is 2.26. The molecule has 6 heteroatoms. The molecule has 0 saturated carbocycles. The molecule has 0 aliphatic heterocycles. The predicted molar refractivity (Wildman–Crippen MR) is 119 cm³/mol. The number of hydrogen-bond donors (Lipinski definition) is 0. The maximum atomic E-state index is 13.0. The second-order valence-corrected chi connectivity index (χ2v) is 7.21. The van der Waals surface area contributed by atoms with Gasteiger partial charge in [-0.05, 0) is 24.6 Å². The fourth-order valence-corrected chi connectivity index (χ4v) is 3.36. The zero-order chi connectivity index (χ0) is 22.5. The normalized spacial score (nSPS) is 11.7. The van der Waals surface area contributed by atoms with Crippen LogP contribution in [0, 0.1) is 6.92 Å². The van der Waals surface area contributed by atoms with E-state index < -0.39 is 24.3 Å². The number of aryl methyl sites for hydroxylation is 1. The van der Waals surface area contributed by atoms with Gasteiger partial charge in [-0.3, -0.25) is 4.79 Å². The highest BCUT2D eigenvalue weighted by Crippen LogP contribution is 2.24. The van der Waals surface area contributed by atoms with E-state index in [9.17, 15) is 14.4 Å². The zero-order valence-corrected chi connectivity index (χ0v) is 17.3. The van der Waals surface area contributed by atoms with Gasteiger partial charge >= 0.3 is 11.6 Å². The van der Waals surface area contributed by atoms with Crippen molar-refractivity contribution in [3.8, 4) is 5.75 Å². The van der Waals surface area contributed by atoms with Crippen LogP contribution in [0.3, 0.4) is 0 Å². The first-order valence-electron chi connectivity index (χ1n) is 10.0. The van der Waals surface area contributed by atoms with Crippen molar-refractivity contribution in [3.63, 3.8) is 0 Å². The highest BCUT2D eigenvalue weighted by molar-refractivity contribution is 6.01. The van der Waals surface area contributed by atoms with E-state index in [0.29, 0.717) is 22.5 Å². The first kappa shape index (κ1) is 21.1. The average molecular weight is 428 g/mol. The summed E-state index contributed by atoms with van der Waals surface area (Å²) in [7, 11) is 0. The van der Waals surface area contributed by atoms with Crippen molar-refractivity contribution < 1.29 is 23.5 Å². The summed E-state index contributed by atoms with van der Waals surface area (Å²) in [6.07, 6.45) is -1.09. The Morgan fingerprint density at radius 3 is 2.31 bits per heavy atom. The molecule has 4 rings (SSSR count). The van der Waals surface area contributed by atoms with Crippen LogP contribution in [0.25, 0.3) is 11.0 Å².